The largest absolute Gasteiger partial charge is 0.413 e. The maximum atomic E-state index is 11.5. The van der Waals surface area contributed by atoms with Crippen LogP contribution in [0.15, 0.2) is 29.2 Å². The molecule has 0 aliphatic rings. The van der Waals surface area contributed by atoms with E-state index in [1.165, 1.54) is 6.92 Å². The van der Waals surface area contributed by atoms with Crippen molar-refractivity contribution in [3.8, 4) is 0 Å². The molecule has 1 aromatic carbocycles. The van der Waals surface area contributed by atoms with Gasteiger partial charge in [-0.05, 0) is 31.3 Å². The van der Waals surface area contributed by atoms with Crippen LogP contribution in [0.5, 0.6) is 0 Å². The van der Waals surface area contributed by atoms with E-state index in [1.54, 1.807) is 24.3 Å². The highest BCUT2D eigenvalue weighted by Crippen LogP contribution is 2.14. The van der Waals surface area contributed by atoms with Gasteiger partial charge in [0.05, 0.1) is 5.56 Å². The zero-order valence-corrected chi connectivity index (χ0v) is 9.72. The first-order chi connectivity index (χ1) is 7.02. The number of thiocarbonyl (C=S) groups is 1. The molecular weight excluding hydrogens is 232 g/mol. The Morgan fingerprint density at radius 3 is 2.67 bits per heavy atom. The zero-order valence-electron chi connectivity index (χ0n) is 8.01. The van der Waals surface area contributed by atoms with Crippen LogP contribution in [0.2, 0.25) is 0 Å². The molecule has 0 amide bonds. The molecule has 0 heterocycles. The lowest BCUT2D eigenvalue weighted by atomic mass is 10.2. The van der Waals surface area contributed by atoms with Crippen LogP contribution in [0.1, 0.15) is 17.3 Å². The van der Waals surface area contributed by atoms with Gasteiger partial charge in [-0.3, -0.25) is 0 Å². The van der Waals surface area contributed by atoms with Gasteiger partial charge in [-0.25, -0.2) is 4.79 Å². The van der Waals surface area contributed by atoms with E-state index in [4.69, 9.17) is 9.84 Å². The summed E-state index contributed by atoms with van der Waals surface area (Å²) in [6.07, 6.45) is -0.948. The molecule has 5 heteroatoms. The summed E-state index contributed by atoms with van der Waals surface area (Å²) in [6.45, 7) is 1.43. The van der Waals surface area contributed by atoms with Gasteiger partial charge in [-0.15, -0.1) is 12.6 Å². The van der Waals surface area contributed by atoms with Crippen molar-refractivity contribution in [2.45, 2.75) is 17.9 Å². The van der Waals surface area contributed by atoms with Crippen molar-refractivity contribution in [1.29, 1.82) is 0 Å². The summed E-state index contributed by atoms with van der Waals surface area (Å²) >= 11 is 8.78. The molecule has 1 unspecified atom stereocenters. The Hall–Kier alpha value is -0.910. The number of hydrogen-bond donors (Lipinski definition) is 2. The number of ether oxygens (including phenoxy) is 1. The predicted octanol–water partition coefficient (Wildman–Crippen LogP) is 1.84. The Balaban J connectivity index is 2.79. The third-order valence-corrected chi connectivity index (χ3v) is 2.47. The maximum Gasteiger partial charge on any atom is 0.345 e. The lowest BCUT2D eigenvalue weighted by Crippen LogP contribution is -2.21. The number of benzene rings is 1. The van der Waals surface area contributed by atoms with Crippen LogP contribution in [0.3, 0.4) is 0 Å². The minimum Gasteiger partial charge on any atom is -0.413 e. The number of esters is 1. The highest BCUT2D eigenvalue weighted by atomic mass is 32.1. The van der Waals surface area contributed by atoms with Crippen molar-refractivity contribution in [3.63, 3.8) is 0 Å². The van der Waals surface area contributed by atoms with Gasteiger partial charge in [0, 0.05) is 4.90 Å². The van der Waals surface area contributed by atoms with Crippen LogP contribution in [-0.4, -0.2) is 22.2 Å². The minimum absolute atomic E-state index is 0.142. The normalized spacial score (nSPS) is 11.9. The van der Waals surface area contributed by atoms with Crippen LogP contribution in [0.25, 0.3) is 0 Å². The second-order valence-corrected chi connectivity index (χ2v) is 3.79. The lowest BCUT2D eigenvalue weighted by Gasteiger charge is -2.08. The topological polar surface area (TPSA) is 46.5 Å². The van der Waals surface area contributed by atoms with E-state index in [0.29, 0.717) is 10.5 Å². The van der Waals surface area contributed by atoms with E-state index in [0.717, 1.165) is 0 Å². The molecule has 3 nitrogen and oxygen atoms in total. The fourth-order valence-corrected chi connectivity index (χ4v) is 1.21. The summed E-state index contributed by atoms with van der Waals surface area (Å²) in [5.74, 6) is -0.605. The van der Waals surface area contributed by atoms with Crippen LogP contribution in [0.4, 0.5) is 0 Å². The predicted molar refractivity (Wildman–Crippen MR) is 63.4 cm³/mol. The first-order valence-corrected chi connectivity index (χ1v) is 5.10. The molecule has 15 heavy (non-hydrogen) atoms. The smallest absolute Gasteiger partial charge is 0.345 e. The van der Waals surface area contributed by atoms with Crippen molar-refractivity contribution in [3.05, 3.63) is 29.8 Å². The molecule has 0 saturated heterocycles. The van der Waals surface area contributed by atoms with Crippen molar-refractivity contribution >= 4 is 35.9 Å². The van der Waals surface area contributed by atoms with Gasteiger partial charge in [-0.1, -0.05) is 12.1 Å². The summed E-state index contributed by atoms with van der Waals surface area (Å²) in [6, 6.07) is 6.70. The van der Waals surface area contributed by atoms with Gasteiger partial charge in [-0.2, -0.15) is 0 Å². The van der Waals surface area contributed by atoms with E-state index in [-0.39, 0.29) is 5.05 Å². The van der Waals surface area contributed by atoms with Crippen LogP contribution < -0.4 is 0 Å². The van der Waals surface area contributed by atoms with Crippen molar-refractivity contribution in [1.82, 2.24) is 0 Å². The monoisotopic (exact) mass is 242 g/mol. The molecule has 1 N–H and O–H groups in total. The molecule has 0 aliphatic carbocycles. The van der Waals surface area contributed by atoms with Crippen molar-refractivity contribution in [2.24, 2.45) is 0 Å². The van der Waals surface area contributed by atoms with E-state index in [1.807, 2.05) is 0 Å². The molecule has 0 radical (unpaired) electrons. The van der Waals surface area contributed by atoms with Gasteiger partial charge < -0.3 is 9.84 Å². The Bertz CT molecular complexity index is 388. The second kappa shape index (κ2) is 5.25. The third-order valence-electron chi connectivity index (χ3n) is 1.66. The second-order valence-electron chi connectivity index (χ2n) is 2.90. The highest BCUT2D eigenvalue weighted by molar-refractivity contribution is 7.80. The molecule has 1 rings (SSSR count). The van der Waals surface area contributed by atoms with E-state index >= 15 is 0 Å². The number of carbonyl (C=O) groups is 1. The quantitative estimate of drug-likeness (QED) is 0.472. The fourth-order valence-electron chi connectivity index (χ4n) is 0.878. The average Bonchev–Trinajstić information content (AvgIpc) is 2.18. The van der Waals surface area contributed by atoms with Crippen LogP contribution >= 0.6 is 24.8 Å². The first-order valence-electron chi connectivity index (χ1n) is 4.24. The van der Waals surface area contributed by atoms with Gasteiger partial charge in [0.1, 0.15) is 6.10 Å². The molecule has 0 saturated carbocycles. The summed E-state index contributed by atoms with van der Waals surface area (Å²) in [7, 11) is 0. The van der Waals surface area contributed by atoms with Crippen molar-refractivity contribution < 1.29 is 14.6 Å². The molecule has 0 fully saturated rings. The molecule has 0 bridgehead atoms. The third kappa shape index (κ3) is 3.30. The number of thiol groups is 1. The number of carbonyl (C=O) groups excluding carboxylic acids is 1. The van der Waals surface area contributed by atoms with E-state index in [2.05, 4.69) is 24.8 Å². The summed E-state index contributed by atoms with van der Waals surface area (Å²) in [5.41, 5.74) is 0.323. The Morgan fingerprint density at radius 2 is 2.13 bits per heavy atom. The van der Waals surface area contributed by atoms with Gasteiger partial charge in [0.25, 0.3) is 0 Å². The Morgan fingerprint density at radius 1 is 1.53 bits per heavy atom. The average molecular weight is 242 g/mol. The molecule has 1 atom stereocenters. The minimum atomic E-state index is -0.948. The van der Waals surface area contributed by atoms with Gasteiger partial charge >= 0.3 is 5.97 Å². The van der Waals surface area contributed by atoms with Gasteiger partial charge in [0.2, 0.25) is 0 Å². The van der Waals surface area contributed by atoms with E-state index < -0.39 is 12.1 Å². The van der Waals surface area contributed by atoms with Gasteiger partial charge in [0.15, 0.2) is 5.05 Å². The standard InChI is InChI=1S/C10H10O3S2/c1-6(11)10(15)13-9(12)7-4-2-3-5-8(7)14/h2-6,11,14H,1H3. The summed E-state index contributed by atoms with van der Waals surface area (Å²) in [5, 5.41) is 8.91. The maximum absolute atomic E-state index is 11.5. The SMILES string of the molecule is CC(O)C(=S)OC(=O)c1ccccc1S. The molecular formula is C10H10O3S2. The molecule has 0 aliphatic heterocycles. The number of hydrogen-bond acceptors (Lipinski definition) is 5. The highest BCUT2D eigenvalue weighted by Gasteiger charge is 2.15. The molecule has 0 aromatic heterocycles. The van der Waals surface area contributed by atoms with Crippen LogP contribution in [-0.2, 0) is 4.74 Å². The summed E-state index contributed by atoms with van der Waals surface area (Å²) in [4.78, 5) is 12.0. The Labute approximate surface area is 98.5 Å². The van der Waals surface area contributed by atoms with Crippen LogP contribution in [0, 0.1) is 0 Å². The molecule has 1 aromatic rings. The number of aliphatic hydroxyl groups excluding tert-OH is 1. The van der Waals surface area contributed by atoms with E-state index in [9.17, 15) is 4.79 Å². The zero-order chi connectivity index (χ0) is 11.4. The molecule has 0 spiro atoms. The fraction of sp³-hybridized carbons (Fsp3) is 0.200. The molecule has 80 valence electrons. The van der Waals surface area contributed by atoms with Crippen molar-refractivity contribution in [2.75, 3.05) is 0 Å². The Kier molecular flexibility index (Phi) is 4.26. The number of rotatable bonds is 2. The first kappa shape index (κ1) is 12.2. The lowest BCUT2D eigenvalue weighted by molar-refractivity contribution is 0.0689. The summed E-state index contributed by atoms with van der Waals surface area (Å²) < 4.78 is 4.77. The number of aliphatic hydroxyl groups is 1.